The zero-order chi connectivity index (χ0) is 12.3. The molecule has 0 saturated heterocycles. The number of carbonyl (C=O) groups is 2. The molecule has 0 atom stereocenters. The Labute approximate surface area is 97.5 Å². The maximum atomic E-state index is 10.7. The van der Waals surface area contributed by atoms with Crippen molar-refractivity contribution in [2.45, 2.75) is 32.6 Å². The maximum Gasteiger partial charge on any atom is 0.303 e. The minimum Gasteiger partial charge on any atom is -0.481 e. The third-order valence-corrected chi connectivity index (χ3v) is 3.34. The molecule has 0 amide bonds. The topological polar surface area (TPSA) is 74.6 Å². The van der Waals surface area contributed by atoms with Crippen molar-refractivity contribution < 1.29 is 19.8 Å². The van der Waals surface area contributed by atoms with E-state index in [9.17, 15) is 9.59 Å². The molecule has 16 heavy (non-hydrogen) atoms. The van der Waals surface area contributed by atoms with E-state index in [4.69, 9.17) is 10.2 Å². The molecule has 1 rings (SSSR count). The number of aryl methyl sites for hydroxylation is 2. The standard InChI is InChI=1S/C11H14O4S/c1-6-3-9(7(2)16-6)8(4-10(12)13)5-11(14)15/h3,8H,4-5H2,1-2H3,(H,12,13)(H,14,15). The quantitative estimate of drug-likeness (QED) is 0.831. The molecule has 0 aliphatic heterocycles. The highest BCUT2D eigenvalue weighted by Crippen LogP contribution is 2.32. The Morgan fingerprint density at radius 2 is 1.75 bits per heavy atom. The van der Waals surface area contributed by atoms with Gasteiger partial charge in [-0.2, -0.15) is 0 Å². The molecule has 0 saturated carbocycles. The lowest BCUT2D eigenvalue weighted by molar-refractivity contribution is -0.139. The smallest absolute Gasteiger partial charge is 0.303 e. The SMILES string of the molecule is Cc1cc(C(CC(=O)O)CC(=O)O)c(C)s1. The third kappa shape index (κ3) is 3.34. The van der Waals surface area contributed by atoms with Crippen molar-refractivity contribution in [1.82, 2.24) is 0 Å². The number of hydrogen-bond acceptors (Lipinski definition) is 3. The molecule has 1 aromatic heterocycles. The Hall–Kier alpha value is -1.36. The number of carboxylic acids is 2. The van der Waals surface area contributed by atoms with Crippen molar-refractivity contribution in [1.29, 1.82) is 0 Å². The number of carboxylic acid groups (broad SMARTS) is 2. The molecule has 0 radical (unpaired) electrons. The summed E-state index contributed by atoms with van der Waals surface area (Å²) < 4.78 is 0. The zero-order valence-electron chi connectivity index (χ0n) is 9.19. The van der Waals surface area contributed by atoms with Gasteiger partial charge >= 0.3 is 11.9 Å². The summed E-state index contributed by atoms with van der Waals surface area (Å²) in [4.78, 5) is 23.5. The third-order valence-electron chi connectivity index (χ3n) is 2.36. The summed E-state index contributed by atoms with van der Waals surface area (Å²) in [6.07, 6.45) is -0.271. The van der Waals surface area contributed by atoms with Crippen LogP contribution in [0.1, 0.15) is 34.1 Å². The van der Waals surface area contributed by atoms with Gasteiger partial charge < -0.3 is 10.2 Å². The first kappa shape index (κ1) is 12.7. The first-order valence-corrected chi connectivity index (χ1v) is 5.72. The van der Waals surface area contributed by atoms with Crippen LogP contribution >= 0.6 is 11.3 Å². The van der Waals surface area contributed by atoms with Crippen LogP contribution in [-0.4, -0.2) is 22.2 Å². The summed E-state index contributed by atoms with van der Waals surface area (Å²) >= 11 is 1.57. The summed E-state index contributed by atoms with van der Waals surface area (Å²) in [6.45, 7) is 3.82. The second-order valence-electron chi connectivity index (χ2n) is 3.76. The lowest BCUT2D eigenvalue weighted by atomic mass is 9.93. The van der Waals surface area contributed by atoms with Crippen LogP contribution in [0.25, 0.3) is 0 Å². The molecular formula is C11H14O4S. The lowest BCUT2D eigenvalue weighted by Gasteiger charge is -2.12. The van der Waals surface area contributed by atoms with Crippen molar-refractivity contribution in [3.63, 3.8) is 0 Å². The van der Waals surface area contributed by atoms with Crippen LogP contribution < -0.4 is 0 Å². The van der Waals surface area contributed by atoms with E-state index in [0.717, 1.165) is 15.3 Å². The van der Waals surface area contributed by atoms with Crippen LogP contribution in [0, 0.1) is 13.8 Å². The molecule has 0 unspecified atom stereocenters. The van der Waals surface area contributed by atoms with Gasteiger partial charge in [-0.3, -0.25) is 9.59 Å². The van der Waals surface area contributed by atoms with Crippen LogP contribution in [0.2, 0.25) is 0 Å². The highest BCUT2D eigenvalue weighted by molar-refractivity contribution is 7.12. The van der Waals surface area contributed by atoms with Gasteiger partial charge in [0.2, 0.25) is 0 Å². The molecule has 0 fully saturated rings. The van der Waals surface area contributed by atoms with E-state index < -0.39 is 17.9 Å². The van der Waals surface area contributed by atoms with E-state index in [0.29, 0.717) is 0 Å². The van der Waals surface area contributed by atoms with E-state index in [1.54, 1.807) is 11.3 Å². The van der Waals surface area contributed by atoms with Gasteiger partial charge in [-0.15, -0.1) is 11.3 Å². The van der Waals surface area contributed by atoms with E-state index in [2.05, 4.69) is 0 Å². The Kier molecular flexibility index (Phi) is 4.06. The van der Waals surface area contributed by atoms with Gasteiger partial charge in [0.25, 0.3) is 0 Å². The molecule has 2 N–H and O–H groups in total. The average Bonchev–Trinajstić information content (AvgIpc) is 2.42. The minimum absolute atomic E-state index is 0.136. The molecule has 0 spiro atoms. The first-order chi connectivity index (χ1) is 7.40. The van der Waals surface area contributed by atoms with Crippen LogP contribution in [0.15, 0.2) is 6.07 Å². The van der Waals surface area contributed by atoms with E-state index >= 15 is 0 Å². The van der Waals surface area contributed by atoms with Crippen molar-refractivity contribution in [3.8, 4) is 0 Å². The van der Waals surface area contributed by atoms with Gasteiger partial charge in [0.1, 0.15) is 0 Å². The molecule has 1 heterocycles. The number of hydrogen-bond donors (Lipinski definition) is 2. The molecular weight excluding hydrogens is 228 g/mol. The Balaban J connectivity index is 2.95. The number of rotatable bonds is 5. The first-order valence-electron chi connectivity index (χ1n) is 4.90. The molecule has 0 aliphatic carbocycles. The Morgan fingerprint density at radius 3 is 2.06 bits per heavy atom. The fourth-order valence-electron chi connectivity index (χ4n) is 1.77. The maximum absolute atomic E-state index is 10.7. The van der Waals surface area contributed by atoms with Gasteiger partial charge in [-0.05, 0) is 25.5 Å². The monoisotopic (exact) mass is 242 g/mol. The summed E-state index contributed by atoms with van der Waals surface area (Å²) in [5, 5.41) is 17.5. The largest absolute Gasteiger partial charge is 0.481 e. The molecule has 0 bridgehead atoms. The normalized spacial score (nSPS) is 10.7. The number of thiophene rings is 1. The van der Waals surface area contributed by atoms with E-state index in [1.807, 2.05) is 19.9 Å². The second kappa shape index (κ2) is 5.12. The van der Waals surface area contributed by atoms with Gasteiger partial charge in [0.15, 0.2) is 0 Å². The fourth-order valence-corrected chi connectivity index (χ4v) is 2.78. The predicted octanol–water partition coefficient (Wildman–Crippen LogP) is 2.40. The van der Waals surface area contributed by atoms with Gasteiger partial charge in [-0.25, -0.2) is 0 Å². The van der Waals surface area contributed by atoms with Crippen molar-refractivity contribution in [3.05, 3.63) is 21.4 Å². The van der Waals surface area contributed by atoms with Crippen LogP contribution in [0.5, 0.6) is 0 Å². The van der Waals surface area contributed by atoms with Gasteiger partial charge in [0.05, 0.1) is 12.8 Å². The number of aliphatic carboxylic acids is 2. The lowest BCUT2D eigenvalue weighted by Crippen LogP contribution is -2.11. The van der Waals surface area contributed by atoms with Crippen LogP contribution in [0.4, 0.5) is 0 Å². The van der Waals surface area contributed by atoms with Crippen molar-refractivity contribution in [2.24, 2.45) is 0 Å². The fraction of sp³-hybridized carbons (Fsp3) is 0.455. The van der Waals surface area contributed by atoms with Crippen molar-refractivity contribution >= 4 is 23.3 Å². The van der Waals surface area contributed by atoms with Gasteiger partial charge in [-0.1, -0.05) is 0 Å². The molecule has 88 valence electrons. The summed E-state index contributed by atoms with van der Waals surface area (Å²) in [5.41, 5.74) is 0.854. The average molecular weight is 242 g/mol. The molecule has 0 aromatic carbocycles. The van der Waals surface area contributed by atoms with E-state index in [-0.39, 0.29) is 12.8 Å². The molecule has 0 aliphatic rings. The zero-order valence-corrected chi connectivity index (χ0v) is 10.0. The van der Waals surface area contributed by atoms with Crippen LogP contribution in [-0.2, 0) is 9.59 Å². The summed E-state index contributed by atoms with van der Waals surface area (Å²) in [5.74, 6) is -2.36. The minimum atomic E-state index is -0.963. The summed E-state index contributed by atoms with van der Waals surface area (Å²) in [6, 6.07) is 1.89. The molecule has 1 aromatic rings. The predicted molar refractivity (Wildman–Crippen MR) is 61.0 cm³/mol. The highest BCUT2D eigenvalue weighted by atomic mass is 32.1. The van der Waals surface area contributed by atoms with E-state index in [1.165, 1.54) is 0 Å². The Morgan fingerprint density at radius 1 is 1.25 bits per heavy atom. The van der Waals surface area contributed by atoms with Crippen LogP contribution in [0.3, 0.4) is 0 Å². The molecule has 5 heteroatoms. The molecule has 4 nitrogen and oxygen atoms in total. The second-order valence-corrected chi connectivity index (χ2v) is 5.22. The highest BCUT2D eigenvalue weighted by Gasteiger charge is 2.21. The van der Waals surface area contributed by atoms with Crippen molar-refractivity contribution in [2.75, 3.05) is 0 Å². The summed E-state index contributed by atoms with van der Waals surface area (Å²) in [7, 11) is 0. The van der Waals surface area contributed by atoms with Gasteiger partial charge in [0, 0.05) is 15.7 Å². The Bertz CT molecular complexity index is 392.